The molecule has 22 heavy (non-hydrogen) atoms. The molecule has 0 saturated carbocycles. The third-order valence-corrected chi connectivity index (χ3v) is 6.00. The van der Waals surface area contributed by atoms with Crippen molar-refractivity contribution >= 4 is 35.6 Å². The van der Waals surface area contributed by atoms with Crippen LogP contribution in [0.1, 0.15) is 71.2 Å². The van der Waals surface area contributed by atoms with Crippen molar-refractivity contribution in [2.24, 2.45) is 10.8 Å². The van der Waals surface area contributed by atoms with Crippen LogP contribution in [0, 0.1) is 10.8 Å². The van der Waals surface area contributed by atoms with Gasteiger partial charge in [0.25, 0.3) is 0 Å². The van der Waals surface area contributed by atoms with Gasteiger partial charge in [0, 0.05) is 14.8 Å². The first kappa shape index (κ1) is 17.3. The average Bonchev–Trinajstić information content (AvgIpc) is 2.67. The molecule has 1 heterocycles. The maximum absolute atomic E-state index is 2.48. The van der Waals surface area contributed by atoms with Gasteiger partial charge < -0.3 is 0 Å². The fraction of sp³-hybridized carbons (Fsp3) is 0.524. The molecule has 0 bridgehead atoms. The molecule has 0 radical (unpaired) electrons. The zero-order valence-corrected chi connectivity index (χ0v) is 15.8. The third kappa shape index (κ3) is 3.46. The van der Waals surface area contributed by atoms with Crippen molar-refractivity contribution < 1.29 is 0 Å². The van der Waals surface area contributed by atoms with Gasteiger partial charge in [-0.3, -0.25) is 0 Å². The Morgan fingerprint density at radius 2 is 1.64 bits per heavy atom. The van der Waals surface area contributed by atoms with Crippen LogP contribution in [0.25, 0.3) is 24.3 Å². The van der Waals surface area contributed by atoms with Crippen molar-refractivity contribution in [2.45, 2.75) is 60.8 Å². The highest BCUT2D eigenvalue weighted by Crippen LogP contribution is 2.33. The van der Waals surface area contributed by atoms with Gasteiger partial charge in [0.15, 0.2) is 0 Å². The standard InChI is InChI=1S/C19H24S.C2H6/c1-5-19(4)12-7-15-14-6-10-18(2,3)11-8-16(14)20-17(15)9-13-19;1-2/h6-11H,5,12-13H2,1-4H3;1-2H3. The van der Waals surface area contributed by atoms with E-state index < -0.39 is 0 Å². The highest BCUT2D eigenvalue weighted by atomic mass is 32.1. The molecular weight excluding hydrogens is 284 g/mol. The largest absolute Gasteiger partial charge is 0.136 e. The van der Waals surface area contributed by atoms with Crippen LogP contribution in [0.4, 0.5) is 0 Å². The SMILES string of the molecule is CC.CCC1(C)CC=c2sc3c(c2=CC1)C=CC(C)(C)C=C3. The fourth-order valence-corrected chi connectivity index (χ4v) is 3.99. The minimum Gasteiger partial charge on any atom is -0.136 e. The Balaban J connectivity index is 0.000000847. The summed E-state index contributed by atoms with van der Waals surface area (Å²) in [7, 11) is 0. The number of thiophene rings is 1. The van der Waals surface area contributed by atoms with Crippen LogP contribution in [-0.4, -0.2) is 0 Å². The predicted octanol–water partition coefficient (Wildman–Crippen LogP) is 5.61. The maximum atomic E-state index is 2.48. The summed E-state index contributed by atoms with van der Waals surface area (Å²) in [6, 6.07) is 0. The Bertz CT molecular complexity index is 697. The maximum Gasteiger partial charge on any atom is 0.0352 e. The van der Waals surface area contributed by atoms with Crippen LogP contribution in [0.2, 0.25) is 0 Å². The molecule has 0 nitrogen and oxygen atoms in total. The van der Waals surface area contributed by atoms with Crippen molar-refractivity contribution in [1.82, 2.24) is 0 Å². The second-order valence-electron chi connectivity index (χ2n) is 7.13. The summed E-state index contributed by atoms with van der Waals surface area (Å²) in [6.07, 6.45) is 17.9. The highest BCUT2D eigenvalue weighted by molar-refractivity contribution is 7.11. The first-order chi connectivity index (χ1) is 10.4. The molecule has 0 fully saturated rings. The van der Waals surface area contributed by atoms with Crippen LogP contribution in [0.3, 0.4) is 0 Å². The smallest absolute Gasteiger partial charge is 0.0352 e. The van der Waals surface area contributed by atoms with Crippen molar-refractivity contribution in [3.05, 3.63) is 32.3 Å². The number of hydrogen-bond donors (Lipinski definition) is 0. The lowest BCUT2D eigenvalue weighted by atomic mass is 9.81. The first-order valence-electron chi connectivity index (χ1n) is 8.64. The zero-order chi connectivity index (χ0) is 16.4. The van der Waals surface area contributed by atoms with Gasteiger partial charge in [0.2, 0.25) is 0 Å². The highest BCUT2D eigenvalue weighted by Gasteiger charge is 2.22. The fourth-order valence-electron chi connectivity index (χ4n) is 2.86. The molecule has 120 valence electrons. The van der Waals surface area contributed by atoms with E-state index in [4.69, 9.17) is 0 Å². The number of rotatable bonds is 1. The lowest BCUT2D eigenvalue weighted by Crippen LogP contribution is -2.19. The second-order valence-corrected chi connectivity index (χ2v) is 8.21. The van der Waals surface area contributed by atoms with Gasteiger partial charge in [-0.15, -0.1) is 11.3 Å². The van der Waals surface area contributed by atoms with E-state index in [1.807, 2.05) is 25.2 Å². The summed E-state index contributed by atoms with van der Waals surface area (Å²) >= 11 is 1.95. The molecular formula is C21H30S. The molecule has 1 heteroatoms. The number of fused-ring (bicyclic) bond motifs is 3. The van der Waals surface area contributed by atoms with Crippen LogP contribution in [0.15, 0.2) is 12.2 Å². The molecule has 1 aromatic heterocycles. The second kappa shape index (κ2) is 6.58. The molecule has 0 spiro atoms. The molecule has 1 unspecified atom stereocenters. The van der Waals surface area contributed by atoms with Gasteiger partial charge in [-0.05, 0) is 35.1 Å². The summed E-state index contributed by atoms with van der Waals surface area (Å²) in [5, 5.41) is 1.47. The molecule has 3 rings (SSSR count). The molecule has 0 aromatic carbocycles. The zero-order valence-electron chi connectivity index (χ0n) is 15.0. The number of hydrogen-bond acceptors (Lipinski definition) is 1. The summed E-state index contributed by atoms with van der Waals surface area (Å²) in [5.74, 6) is 0. The molecule has 0 saturated heterocycles. The van der Waals surface area contributed by atoms with Gasteiger partial charge in [-0.2, -0.15) is 0 Å². The van der Waals surface area contributed by atoms with Crippen LogP contribution in [-0.2, 0) is 0 Å². The first-order valence-corrected chi connectivity index (χ1v) is 9.46. The summed E-state index contributed by atoms with van der Waals surface area (Å²) in [6.45, 7) is 13.2. The van der Waals surface area contributed by atoms with Crippen molar-refractivity contribution in [3.63, 3.8) is 0 Å². The Labute approximate surface area is 140 Å². The Kier molecular flexibility index (Phi) is 5.17. The molecule has 0 amide bonds. The predicted molar refractivity (Wildman–Crippen MR) is 103 cm³/mol. The minimum atomic E-state index is 0.165. The van der Waals surface area contributed by atoms with Gasteiger partial charge in [-0.1, -0.05) is 78.3 Å². The molecule has 1 atom stereocenters. The summed E-state index contributed by atoms with van der Waals surface area (Å²) < 4.78 is 1.47. The van der Waals surface area contributed by atoms with E-state index in [1.54, 1.807) is 0 Å². The number of allylic oxidation sites excluding steroid dienone is 2. The summed E-state index contributed by atoms with van der Waals surface area (Å²) in [5.41, 5.74) is 2.04. The van der Waals surface area contributed by atoms with Gasteiger partial charge >= 0.3 is 0 Å². The van der Waals surface area contributed by atoms with Crippen molar-refractivity contribution in [1.29, 1.82) is 0 Å². The Morgan fingerprint density at radius 3 is 2.32 bits per heavy atom. The topological polar surface area (TPSA) is 0 Å². The third-order valence-electron chi connectivity index (χ3n) is 4.82. The van der Waals surface area contributed by atoms with Gasteiger partial charge in [-0.25, -0.2) is 0 Å². The van der Waals surface area contributed by atoms with Crippen LogP contribution < -0.4 is 9.75 Å². The van der Waals surface area contributed by atoms with E-state index in [0.717, 1.165) is 0 Å². The molecule has 0 aliphatic heterocycles. The average molecular weight is 315 g/mol. The van der Waals surface area contributed by atoms with E-state index in [-0.39, 0.29) is 5.41 Å². The summed E-state index contributed by atoms with van der Waals surface area (Å²) in [4.78, 5) is 1.42. The van der Waals surface area contributed by atoms with E-state index >= 15 is 0 Å². The van der Waals surface area contributed by atoms with E-state index in [0.29, 0.717) is 5.41 Å². The quantitative estimate of drug-likeness (QED) is 0.632. The molecule has 1 aromatic rings. The van der Waals surface area contributed by atoms with Crippen LogP contribution >= 0.6 is 11.3 Å². The van der Waals surface area contributed by atoms with Gasteiger partial charge in [0.1, 0.15) is 0 Å². The minimum absolute atomic E-state index is 0.165. The lowest BCUT2D eigenvalue weighted by Gasteiger charge is -2.24. The Hall–Kier alpha value is -1.08. The lowest BCUT2D eigenvalue weighted by molar-refractivity contribution is 0.337. The van der Waals surface area contributed by atoms with Gasteiger partial charge in [0.05, 0.1) is 0 Å². The van der Waals surface area contributed by atoms with E-state index in [2.05, 4.69) is 64.2 Å². The van der Waals surface area contributed by atoms with Crippen molar-refractivity contribution in [2.75, 3.05) is 0 Å². The normalized spacial score (nSPS) is 24.6. The monoisotopic (exact) mass is 314 g/mol. The van der Waals surface area contributed by atoms with Crippen molar-refractivity contribution in [3.8, 4) is 0 Å². The molecule has 2 aliphatic carbocycles. The van der Waals surface area contributed by atoms with E-state index in [9.17, 15) is 0 Å². The van der Waals surface area contributed by atoms with Crippen LogP contribution in [0.5, 0.6) is 0 Å². The van der Waals surface area contributed by atoms with E-state index in [1.165, 1.54) is 39.5 Å². The molecule has 2 aliphatic rings. The Morgan fingerprint density at radius 1 is 1.00 bits per heavy atom. The molecule has 0 N–H and O–H groups in total.